The summed E-state index contributed by atoms with van der Waals surface area (Å²) in [4.78, 5) is 0. The molecule has 0 unspecified atom stereocenters. The Bertz CT molecular complexity index is 308. The van der Waals surface area contributed by atoms with Gasteiger partial charge in [0.05, 0.1) is 6.26 Å². The highest BCUT2D eigenvalue weighted by Gasteiger charge is 2.46. The molecule has 0 radical (unpaired) electrons. The summed E-state index contributed by atoms with van der Waals surface area (Å²) >= 11 is 0. The fourth-order valence-corrected chi connectivity index (χ4v) is 1.89. The predicted molar refractivity (Wildman–Crippen MR) is 43.2 cm³/mol. The quantitative estimate of drug-likeness (QED) is 0.591. The summed E-state index contributed by atoms with van der Waals surface area (Å²) in [7, 11) is -0.849. The number of hydrogen-bond acceptors (Lipinski definition) is 6. The minimum Gasteiger partial charge on any atom is -0.333 e. The Hall–Kier alpha value is -0.730. The van der Waals surface area contributed by atoms with Crippen LogP contribution in [0.1, 0.15) is 0 Å². The Morgan fingerprint density at radius 2 is 1.92 bits per heavy atom. The molecule has 1 aliphatic heterocycles. The maximum Gasteiger partial charge on any atom is 0.304 e. The lowest BCUT2D eigenvalue weighted by Crippen LogP contribution is -2.50. The Morgan fingerprint density at radius 1 is 1.38 bits per heavy atom. The first-order valence-electron chi connectivity index (χ1n) is 3.44. The van der Waals surface area contributed by atoms with Gasteiger partial charge in [-0.05, 0) is 0 Å². The molecular formula is C5H11N3O4S. The van der Waals surface area contributed by atoms with Gasteiger partial charge >= 0.3 is 5.91 Å². The van der Waals surface area contributed by atoms with Crippen molar-refractivity contribution in [1.82, 2.24) is 4.41 Å². The lowest BCUT2D eigenvalue weighted by Gasteiger charge is -2.30. The van der Waals surface area contributed by atoms with Crippen molar-refractivity contribution in [3.8, 4) is 0 Å². The predicted octanol–water partition coefficient (Wildman–Crippen LogP) is -0.425. The van der Waals surface area contributed by atoms with Crippen LogP contribution in [0.4, 0.5) is 0 Å². The van der Waals surface area contributed by atoms with Gasteiger partial charge in [-0.3, -0.25) is 0 Å². The Balaban J connectivity index is 3.03. The van der Waals surface area contributed by atoms with Crippen molar-refractivity contribution < 1.29 is 17.9 Å². The van der Waals surface area contributed by atoms with Crippen LogP contribution in [0, 0.1) is 0 Å². The van der Waals surface area contributed by atoms with Gasteiger partial charge in [-0.25, -0.2) is 8.42 Å². The van der Waals surface area contributed by atoms with E-state index < -0.39 is 15.9 Å². The van der Waals surface area contributed by atoms with Gasteiger partial charge in [-0.15, -0.1) is 4.41 Å². The minimum absolute atomic E-state index is 0.0348. The van der Waals surface area contributed by atoms with E-state index in [2.05, 4.69) is 10.3 Å². The van der Waals surface area contributed by atoms with Crippen LogP contribution in [-0.4, -0.2) is 45.8 Å². The molecule has 1 aliphatic rings. The SMILES string of the molecule is COC1(OC)CN=NN1S(C)(=O)=O. The Kier molecular flexibility index (Phi) is 2.55. The summed E-state index contributed by atoms with van der Waals surface area (Å²) in [5.41, 5.74) is 0. The van der Waals surface area contributed by atoms with Crippen molar-refractivity contribution in [1.29, 1.82) is 0 Å². The normalized spacial score (nSPS) is 21.0. The summed E-state index contributed by atoms with van der Waals surface area (Å²) in [6.45, 7) is 0.0348. The van der Waals surface area contributed by atoms with E-state index >= 15 is 0 Å². The van der Waals surface area contributed by atoms with Gasteiger partial charge in [0, 0.05) is 14.2 Å². The molecule has 7 nitrogen and oxygen atoms in total. The van der Waals surface area contributed by atoms with Crippen LogP contribution in [0.25, 0.3) is 0 Å². The lowest BCUT2D eigenvalue weighted by atomic mass is 10.5. The van der Waals surface area contributed by atoms with Crippen LogP contribution < -0.4 is 0 Å². The highest BCUT2D eigenvalue weighted by molar-refractivity contribution is 7.88. The zero-order valence-corrected chi connectivity index (χ0v) is 8.41. The van der Waals surface area contributed by atoms with E-state index in [0.717, 1.165) is 6.26 Å². The van der Waals surface area contributed by atoms with Gasteiger partial charge in [0.1, 0.15) is 6.54 Å². The van der Waals surface area contributed by atoms with Gasteiger partial charge in [0.2, 0.25) is 0 Å². The molecule has 0 bridgehead atoms. The van der Waals surface area contributed by atoms with E-state index in [1.165, 1.54) is 14.2 Å². The molecule has 0 saturated heterocycles. The molecule has 0 fully saturated rings. The number of hydrogen-bond donors (Lipinski definition) is 0. The second-order valence-corrected chi connectivity index (χ2v) is 4.33. The average molecular weight is 209 g/mol. The monoisotopic (exact) mass is 209 g/mol. The maximum absolute atomic E-state index is 11.2. The van der Waals surface area contributed by atoms with Crippen LogP contribution in [0.15, 0.2) is 10.3 Å². The van der Waals surface area contributed by atoms with Crippen LogP contribution in [0.5, 0.6) is 0 Å². The summed E-state index contributed by atoms with van der Waals surface area (Å²) < 4.78 is 32.9. The molecule has 0 N–H and O–H groups in total. The first-order chi connectivity index (χ1) is 5.96. The number of sulfonamides is 1. The topological polar surface area (TPSA) is 80.6 Å². The molecule has 0 aliphatic carbocycles. The Morgan fingerprint density at radius 3 is 2.23 bits per heavy atom. The van der Waals surface area contributed by atoms with Crippen LogP contribution in [-0.2, 0) is 19.5 Å². The van der Waals surface area contributed by atoms with E-state index in [4.69, 9.17) is 9.47 Å². The van der Waals surface area contributed by atoms with E-state index in [0.29, 0.717) is 4.41 Å². The highest BCUT2D eigenvalue weighted by atomic mass is 32.2. The molecule has 1 heterocycles. The van der Waals surface area contributed by atoms with E-state index in [-0.39, 0.29) is 6.54 Å². The second kappa shape index (κ2) is 3.20. The fraction of sp³-hybridized carbons (Fsp3) is 1.00. The van der Waals surface area contributed by atoms with Gasteiger partial charge in [-0.1, -0.05) is 5.22 Å². The van der Waals surface area contributed by atoms with Crippen molar-refractivity contribution in [2.75, 3.05) is 27.0 Å². The fourth-order valence-electron chi connectivity index (χ4n) is 0.995. The molecule has 13 heavy (non-hydrogen) atoms. The van der Waals surface area contributed by atoms with Crippen molar-refractivity contribution in [2.45, 2.75) is 5.91 Å². The molecule has 0 aromatic rings. The second-order valence-electron chi connectivity index (χ2n) is 2.52. The van der Waals surface area contributed by atoms with Crippen molar-refractivity contribution >= 4 is 10.0 Å². The van der Waals surface area contributed by atoms with Gasteiger partial charge in [-0.2, -0.15) is 5.11 Å². The van der Waals surface area contributed by atoms with Crippen LogP contribution >= 0.6 is 0 Å². The maximum atomic E-state index is 11.2. The largest absolute Gasteiger partial charge is 0.333 e. The van der Waals surface area contributed by atoms with E-state index in [1.54, 1.807) is 0 Å². The van der Waals surface area contributed by atoms with E-state index in [1.807, 2.05) is 0 Å². The smallest absolute Gasteiger partial charge is 0.304 e. The van der Waals surface area contributed by atoms with Crippen molar-refractivity contribution in [2.24, 2.45) is 10.3 Å². The molecule has 0 atom stereocenters. The molecule has 76 valence electrons. The molecule has 0 saturated carbocycles. The van der Waals surface area contributed by atoms with Gasteiger partial charge in [0.15, 0.2) is 0 Å². The third-order valence-corrected chi connectivity index (χ3v) is 2.64. The third-order valence-electron chi connectivity index (χ3n) is 1.66. The van der Waals surface area contributed by atoms with Gasteiger partial charge < -0.3 is 9.47 Å². The zero-order chi connectivity index (χ0) is 10.1. The summed E-state index contributed by atoms with van der Waals surface area (Å²) in [5.74, 6) is -1.41. The Labute approximate surface area is 76.4 Å². The van der Waals surface area contributed by atoms with Crippen molar-refractivity contribution in [3.63, 3.8) is 0 Å². The molecule has 0 aromatic carbocycles. The molecule has 0 spiro atoms. The molecular weight excluding hydrogens is 198 g/mol. The molecule has 1 rings (SSSR count). The standard InChI is InChI=1S/C5H11N3O4S/c1-11-5(12-2)4-6-7-8(5)13(3,9)10/h4H2,1-3H3. The first-order valence-corrected chi connectivity index (χ1v) is 5.29. The summed E-state index contributed by atoms with van der Waals surface area (Å²) in [6, 6.07) is 0. The van der Waals surface area contributed by atoms with E-state index in [9.17, 15) is 8.42 Å². The minimum atomic E-state index is -3.51. The van der Waals surface area contributed by atoms with Gasteiger partial charge in [0.25, 0.3) is 10.0 Å². The summed E-state index contributed by atoms with van der Waals surface area (Å²) in [6.07, 6.45) is 1.00. The van der Waals surface area contributed by atoms with Crippen LogP contribution in [0.3, 0.4) is 0 Å². The third kappa shape index (κ3) is 1.64. The summed E-state index contributed by atoms with van der Waals surface area (Å²) in [5, 5.41) is 6.97. The van der Waals surface area contributed by atoms with Crippen molar-refractivity contribution in [3.05, 3.63) is 0 Å². The highest BCUT2D eigenvalue weighted by Crippen LogP contribution is 2.27. The number of rotatable bonds is 3. The number of methoxy groups -OCH3 is 2. The lowest BCUT2D eigenvalue weighted by molar-refractivity contribution is -0.249. The zero-order valence-electron chi connectivity index (χ0n) is 7.59. The average Bonchev–Trinajstić information content (AvgIpc) is 2.47. The molecule has 0 amide bonds. The first kappa shape index (κ1) is 10.4. The number of ether oxygens (including phenoxy) is 2. The number of nitrogens with zero attached hydrogens (tertiary/aromatic N) is 3. The molecule has 8 heteroatoms. The van der Waals surface area contributed by atoms with Crippen LogP contribution in [0.2, 0.25) is 0 Å². The molecule has 0 aromatic heterocycles.